The lowest BCUT2D eigenvalue weighted by atomic mass is 10.4. The summed E-state index contributed by atoms with van der Waals surface area (Å²) >= 11 is 0. The van der Waals surface area contributed by atoms with Crippen molar-refractivity contribution >= 4 is 11.0 Å². The van der Waals surface area contributed by atoms with Crippen molar-refractivity contribution in [2.45, 2.75) is 11.8 Å². The van der Waals surface area contributed by atoms with Gasteiger partial charge in [-0.3, -0.25) is 4.98 Å². The van der Waals surface area contributed by atoms with E-state index in [1.165, 1.54) is 0 Å². The van der Waals surface area contributed by atoms with Crippen LogP contribution in [0.5, 0.6) is 0 Å². The lowest BCUT2D eigenvalue weighted by Gasteiger charge is -2.25. The second-order valence-corrected chi connectivity index (χ2v) is 4.91. The Balaban J connectivity index is 2.09. The number of nitrogens with zero attached hydrogens (tertiary/aromatic N) is 2. The molecule has 0 N–H and O–H groups in total. The second kappa shape index (κ2) is 4.83. The minimum atomic E-state index is -1.09. The number of aromatic nitrogens is 1. The fourth-order valence-corrected chi connectivity index (χ4v) is 2.53. The van der Waals surface area contributed by atoms with Crippen molar-refractivity contribution in [3.8, 4) is 0 Å². The first kappa shape index (κ1) is 10.7. The zero-order valence-electron chi connectivity index (χ0n) is 8.68. The van der Waals surface area contributed by atoms with Crippen LogP contribution in [0.25, 0.3) is 0 Å². The highest BCUT2D eigenvalue weighted by molar-refractivity contribution is 7.82. The molecule has 0 spiro atoms. The molecule has 0 amide bonds. The van der Waals surface area contributed by atoms with Crippen LogP contribution in [-0.2, 0) is 15.7 Å². The van der Waals surface area contributed by atoms with Crippen LogP contribution in [0.4, 0.5) is 0 Å². The van der Waals surface area contributed by atoms with E-state index in [4.69, 9.17) is 4.74 Å². The Kier molecular flexibility index (Phi) is 3.45. The summed E-state index contributed by atoms with van der Waals surface area (Å²) in [5, 5.41) is 0. The summed E-state index contributed by atoms with van der Waals surface area (Å²) in [4.78, 5) is 4.91. The molecular formula is C10H14N2O2S. The van der Waals surface area contributed by atoms with Gasteiger partial charge in [0.05, 0.1) is 18.1 Å². The molecule has 1 unspecified atom stereocenters. The van der Waals surface area contributed by atoms with E-state index in [1.807, 2.05) is 23.4 Å². The molecule has 0 saturated carbocycles. The van der Waals surface area contributed by atoms with Gasteiger partial charge in [-0.05, 0) is 19.1 Å². The molecule has 4 nitrogen and oxygen atoms in total. The van der Waals surface area contributed by atoms with Gasteiger partial charge in [-0.2, -0.15) is 0 Å². The van der Waals surface area contributed by atoms with E-state index in [2.05, 4.69) is 4.98 Å². The van der Waals surface area contributed by atoms with E-state index in [0.29, 0.717) is 13.2 Å². The fraction of sp³-hybridized carbons (Fsp3) is 0.500. The Bertz CT molecular complexity index is 347. The lowest BCUT2D eigenvalue weighted by molar-refractivity contribution is 0.0752. The Labute approximate surface area is 91.9 Å². The highest BCUT2D eigenvalue weighted by atomic mass is 32.2. The third-order valence-corrected chi connectivity index (χ3v) is 3.77. The average Bonchev–Trinajstić information content (AvgIpc) is 2.30. The first-order chi connectivity index (χ1) is 7.27. The number of hydrogen-bond acceptors (Lipinski definition) is 3. The monoisotopic (exact) mass is 226 g/mol. The van der Waals surface area contributed by atoms with E-state index in [-0.39, 0.29) is 0 Å². The van der Waals surface area contributed by atoms with Crippen LogP contribution >= 0.6 is 0 Å². The fourth-order valence-electron chi connectivity index (χ4n) is 1.42. The number of aryl methyl sites for hydroxylation is 1. The van der Waals surface area contributed by atoms with E-state index in [0.717, 1.165) is 23.7 Å². The van der Waals surface area contributed by atoms with Crippen LogP contribution < -0.4 is 0 Å². The van der Waals surface area contributed by atoms with E-state index in [9.17, 15) is 4.21 Å². The molecule has 2 rings (SSSR count). The van der Waals surface area contributed by atoms with Crippen LogP contribution in [0.15, 0.2) is 23.2 Å². The number of morpholine rings is 1. The molecule has 1 aliphatic heterocycles. The molecule has 1 aromatic heterocycles. The SMILES string of the molecule is Cc1ccc(S(=O)N2CCOCC2)cn1. The molecule has 0 aromatic carbocycles. The third-order valence-electron chi connectivity index (χ3n) is 2.29. The standard InChI is InChI=1S/C10H14N2O2S/c1-9-2-3-10(8-11-9)15(13)12-4-6-14-7-5-12/h2-3,8H,4-7H2,1H3. The van der Waals surface area contributed by atoms with E-state index >= 15 is 0 Å². The topological polar surface area (TPSA) is 42.4 Å². The zero-order valence-corrected chi connectivity index (χ0v) is 9.50. The third kappa shape index (κ3) is 2.62. The van der Waals surface area contributed by atoms with Crippen LogP contribution in [0.2, 0.25) is 0 Å². The molecular weight excluding hydrogens is 212 g/mol. The number of ether oxygens (including phenoxy) is 1. The molecule has 1 saturated heterocycles. The molecule has 1 aliphatic rings. The summed E-state index contributed by atoms with van der Waals surface area (Å²) in [6.07, 6.45) is 1.68. The molecule has 0 bridgehead atoms. The van der Waals surface area contributed by atoms with Gasteiger partial charge in [0.15, 0.2) is 0 Å². The number of hydrogen-bond donors (Lipinski definition) is 0. The van der Waals surface area contributed by atoms with Gasteiger partial charge >= 0.3 is 0 Å². The summed E-state index contributed by atoms with van der Waals surface area (Å²) in [6, 6.07) is 3.75. The van der Waals surface area contributed by atoms with Crippen LogP contribution in [0.1, 0.15) is 5.69 Å². The highest BCUT2D eigenvalue weighted by Gasteiger charge is 2.18. The van der Waals surface area contributed by atoms with Gasteiger partial charge in [0.1, 0.15) is 11.0 Å². The molecule has 5 heteroatoms. The Morgan fingerprint density at radius 1 is 1.40 bits per heavy atom. The number of pyridine rings is 1. The predicted molar refractivity (Wildman–Crippen MR) is 57.8 cm³/mol. The second-order valence-electron chi connectivity index (χ2n) is 3.43. The lowest BCUT2D eigenvalue weighted by Crippen LogP contribution is -2.37. The summed E-state index contributed by atoms with van der Waals surface area (Å²) in [5.41, 5.74) is 0.942. The molecule has 1 aromatic rings. The quantitative estimate of drug-likeness (QED) is 0.747. The molecule has 0 aliphatic carbocycles. The Hall–Kier alpha value is -0.780. The summed E-state index contributed by atoms with van der Waals surface area (Å²) in [7, 11) is -1.09. The van der Waals surface area contributed by atoms with Crippen molar-refractivity contribution in [3.63, 3.8) is 0 Å². The Morgan fingerprint density at radius 3 is 2.73 bits per heavy atom. The van der Waals surface area contributed by atoms with Crippen molar-refractivity contribution in [2.75, 3.05) is 26.3 Å². The molecule has 82 valence electrons. The van der Waals surface area contributed by atoms with Gasteiger partial charge in [0.25, 0.3) is 0 Å². The molecule has 0 radical (unpaired) electrons. The molecule has 1 atom stereocenters. The van der Waals surface area contributed by atoms with Gasteiger partial charge in [0.2, 0.25) is 0 Å². The summed E-state index contributed by atoms with van der Waals surface area (Å²) < 4.78 is 19.2. The van der Waals surface area contributed by atoms with Gasteiger partial charge in [-0.15, -0.1) is 0 Å². The first-order valence-corrected chi connectivity index (χ1v) is 6.05. The maximum Gasteiger partial charge on any atom is 0.129 e. The predicted octanol–water partition coefficient (Wildman–Crippen LogP) is 0.745. The summed E-state index contributed by atoms with van der Waals surface area (Å²) in [5.74, 6) is 0. The normalized spacial score (nSPS) is 20.1. The van der Waals surface area contributed by atoms with Gasteiger partial charge in [-0.1, -0.05) is 0 Å². The van der Waals surface area contributed by atoms with Gasteiger partial charge < -0.3 is 4.74 Å². The van der Waals surface area contributed by atoms with Crippen LogP contribution in [-0.4, -0.2) is 39.8 Å². The largest absolute Gasteiger partial charge is 0.379 e. The highest BCUT2D eigenvalue weighted by Crippen LogP contribution is 2.11. The Morgan fingerprint density at radius 2 is 2.13 bits per heavy atom. The maximum absolute atomic E-state index is 12.1. The smallest absolute Gasteiger partial charge is 0.129 e. The van der Waals surface area contributed by atoms with Gasteiger partial charge in [-0.25, -0.2) is 8.51 Å². The van der Waals surface area contributed by atoms with Crippen molar-refractivity contribution < 1.29 is 8.95 Å². The molecule has 2 heterocycles. The number of rotatable bonds is 2. The minimum absolute atomic E-state index is 0.658. The van der Waals surface area contributed by atoms with Crippen molar-refractivity contribution in [1.29, 1.82) is 0 Å². The zero-order chi connectivity index (χ0) is 10.7. The van der Waals surface area contributed by atoms with Crippen LogP contribution in [0, 0.1) is 6.92 Å². The minimum Gasteiger partial charge on any atom is -0.379 e. The average molecular weight is 226 g/mol. The van der Waals surface area contributed by atoms with E-state index < -0.39 is 11.0 Å². The summed E-state index contributed by atoms with van der Waals surface area (Å²) in [6.45, 7) is 4.68. The van der Waals surface area contributed by atoms with Crippen LogP contribution in [0.3, 0.4) is 0 Å². The molecule has 1 fully saturated rings. The van der Waals surface area contributed by atoms with E-state index in [1.54, 1.807) is 6.20 Å². The van der Waals surface area contributed by atoms with Crippen molar-refractivity contribution in [1.82, 2.24) is 9.29 Å². The van der Waals surface area contributed by atoms with Gasteiger partial charge in [0, 0.05) is 25.0 Å². The molecule has 15 heavy (non-hydrogen) atoms. The maximum atomic E-state index is 12.1. The first-order valence-electron chi connectivity index (χ1n) is 4.94. The van der Waals surface area contributed by atoms with Crippen molar-refractivity contribution in [3.05, 3.63) is 24.0 Å². The van der Waals surface area contributed by atoms with Crippen molar-refractivity contribution in [2.24, 2.45) is 0 Å².